The molecule has 8 nitrogen and oxygen atoms in total. The number of cyclic esters (lactones) is 1. The number of carbonyl (C=O) groups excluding carboxylic acids is 2. The van der Waals surface area contributed by atoms with Crippen LogP contribution in [0.1, 0.15) is 15.9 Å². The predicted octanol–water partition coefficient (Wildman–Crippen LogP) is 2.03. The maximum atomic E-state index is 12.8. The van der Waals surface area contributed by atoms with Gasteiger partial charge in [0.2, 0.25) is 0 Å². The number of hydrogen-bond acceptors (Lipinski definition) is 6. The third-order valence-electron chi connectivity index (χ3n) is 5.18. The normalized spacial score (nSPS) is 19.0. The zero-order chi connectivity index (χ0) is 19.7. The Morgan fingerprint density at radius 3 is 2.39 bits per heavy atom. The number of nitro benzene ring substituents is 1. The number of rotatable bonds is 3. The van der Waals surface area contributed by atoms with Crippen molar-refractivity contribution in [3.63, 3.8) is 0 Å². The lowest BCUT2D eigenvalue weighted by molar-refractivity contribution is -0.384. The maximum absolute atomic E-state index is 12.8. The number of hydrogen-bond donors (Lipinski definition) is 0. The first kappa shape index (κ1) is 18.0. The molecule has 144 valence electrons. The van der Waals surface area contributed by atoms with E-state index in [0.717, 1.165) is 11.3 Å². The zero-order valence-electron chi connectivity index (χ0n) is 15.1. The Morgan fingerprint density at radius 1 is 1.04 bits per heavy atom. The van der Waals surface area contributed by atoms with Crippen LogP contribution < -0.4 is 4.90 Å². The van der Waals surface area contributed by atoms with Gasteiger partial charge in [-0.15, -0.1) is 0 Å². The Labute approximate surface area is 161 Å². The molecule has 2 aromatic carbocycles. The van der Waals surface area contributed by atoms with E-state index in [-0.39, 0.29) is 11.6 Å². The van der Waals surface area contributed by atoms with Gasteiger partial charge in [-0.25, -0.2) is 4.79 Å². The van der Waals surface area contributed by atoms with Crippen LogP contribution in [0.25, 0.3) is 0 Å². The quantitative estimate of drug-likeness (QED) is 0.459. The minimum absolute atomic E-state index is 0.0527. The average Bonchev–Trinajstić information content (AvgIpc) is 2.73. The van der Waals surface area contributed by atoms with Crippen molar-refractivity contribution in [1.29, 1.82) is 0 Å². The third-order valence-corrected chi connectivity index (χ3v) is 5.18. The topological polar surface area (TPSA) is 93.0 Å². The second kappa shape index (κ2) is 7.30. The molecule has 1 atom stereocenters. The highest BCUT2D eigenvalue weighted by Crippen LogP contribution is 2.24. The lowest BCUT2D eigenvalue weighted by atomic mass is 9.98. The molecule has 0 N–H and O–H groups in total. The van der Waals surface area contributed by atoms with Crippen molar-refractivity contribution in [3.8, 4) is 0 Å². The van der Waals surface area contributed by atoms with Crippen molar-refractivity contribution in [2.45, 2.75) is 12.5 Å². The number of non-ortho nitro benzene ring substituents is 1. The molecule has 0 bridgehead atoms. The van der Waals surface area contributed by atoms with E-state index >= 15 is 0 Å². The van der Waals surface area contributed by atoms with Crippen LogP contribution in [-0.4, -0.2) is 54.0 Å². The molecule has 0 saturated carbocycles. The summed E-state index contributed by atoms with van der Waals surface area (Å²) in [5.74, 6) is -0.629. The monoisotopic (exact) mass is 381 g/mol. The molecule has 2 aliphatic heterocycles. The molecular weight excluding hydrogens is 362 g/mol. The molecule has 1 amide bonds. The number of fused-ring (bicyclic) bond motifs is 1. The zero-order valence-corrected chi connectivity index (χ0v) is 15.1. The van der Waals surface area contributed by atoms with Crippen LogP contribution in [0, 0.1) is 10.1 Å². The highest BCUT2D eigenvalue weighted by molar-refractivity contribution is 5.95. The van der Waals surface area contributed by atoms with Crippen molar-refractivity contribution < 1.29 is 19.2 Å². The van der Waals surface area contributed by atoms with Gasteiger partial charge in [-0.3, -0.25) is 14.9 Å². The number of piperazine rings is 1. The molecule has 2 heterocycles. The highest BCUT2D eigenvalue weighted by Gasteiger charge is 2.34. The molecule has 2 aromatic rings. The van der Waals surface area contributed by atoms with E-state index in [4.69, 9.17) is 4.74 Å². The number of nitrogens with zero attached hydrogens (tertiary/aromatic N) is 3. The largest absolute Gasteiger partial charge is 0.448 e. The molecule has 0 aliphatic carbocycles. The highest BCUT2D eigenvalue weighted by atomic mass is 16.6. The van der Waals surface area contributed by atoms with Crippen LogP contribution in [0.4, 0.5) is 11.4 Å². The molecule has 2 aliphatic rings. The first-order chi connectivity index (χ1) is 13.5. The van der Waals surface area contributed by atoms with E-state index < -0.39 is 17.0 Å². The van der Waals surface area contributed by atoms with Gasteiger partial charge in [0.15, 0.2) is 6.10 Å². The number of carbonyl (C=O) groups is 2. The third kappa shape index (κ3) is 3.40. The van der Waals surface area contributed by atoms with Crippen LogP contribution in [0.15, 0.2) is 48.5 Å². The standard InChI is InChI=1S/C20H19N3O5/c24-19(18-13-14-3-1-2-4-17(14)20(25)28-18)22-11-9-21(10-12-22)15-5-7-16(8-6-15)23(26)27/h1-8,18H,9-13H2/t18-/m0/s1. The second-order valence-corrected chi connectivity index (χ2v) is 6.84. The van der Waals surface area contributed by atoms with E-state index in [1.807, 2.05) is 12.1 Å². The van der Waals surface area contributed by atoms with E-state index in [9.17, 15) is 19.7 Å². The van der Waals surface area contributed by atoms with Crippen LogP contribution in [0.2, 0.25) is 0 Å². The van der Waals surface area contributed by atoms with Gasteiger partial charge in [-0.2, -0.15) is 0 Å². The van der Waals surface area contributed by atoms with Crippen LogP contribution in [-0.2, 0) is 16.0 Å². The number of anilines is 1. The number of nitro groups is 1. The predicted molar refractivity (Wildman–Crippen MR) is 101 cm³/mol. The van der Waals surface area contributed by atoms with Gasteiger partial charge >= 0.3 is 5.97 Å². The molecule has 0 radical (unpaired) electrons. The Morgan fingerprint density at radius 2 is 1.71 bits per heavy atom. The van der Waals surface area contributed by atoms with Crippen LogP contribution >= 0.6 is 0 Å². The fraction of sp³-hybridized carbons (Fsp3) is 0.300. The summed E-state index contributed by atoms with van der Waals surface area (Å²) in [5, 5.41) is 10.8. The summed E-state index contributed by atoms with van der Waals surface area (Å²) in [5.41, 5.74) is 2.30. The fourth-order valence-electron chi connectivity index (χ4n) is 3.64. The molecule has 28 heavy (non-hydrogen) atoms. The smallest absolute Gasteiger partial charge is 0.339 e. The van der Waals surface area contributed by atoms with Crippen molar-refractivity contribution in [2.75, 3.05) is 31.1 Å². The molecule has 0 spiro atoms. The van der Waals surface area contributed by atoms with Gasteiger partial charge in [0.1, 0.15) is 0 Å². The molecule has 8 heteroatoms. The summed E-state index contributed by atoms with van der Waals surface area (Å²) >= 11 is 0. The number of amides is 1. The summed E-state index contributed by atoms with van der Waals surface area (Å²) in [6.45, 7) is 2.23. The van der Waals surface area contributed by atoms with Crippen LogP contribution in [0.5, 0.6) is 0 Å². The van der Waals surface area contributed by atoms with E-state index in [1.54, 1.807) is 29.2 Å². The second-order valence-electron chi connectivity index (χ2n) is 6.84. The van der Waals surface area contributed by atoms with E-state index in [2.05, 4.69) is 4.90 Å². The van der Waals surface area contributed by atoms with Gasteiger partial charge in [0.05, 0.1) is 10.5 Å². The SMILES string of the molecule is O=C1O[C@H](C(=O)N2CCN(c3ccc([N+](=O)[O-])cc3)CC2)Cc2ccccc21. The van der Waals surface area contributed by atoms with E-state index in [0.29, 0.717) is 38.2 Å². The lowest BCUT2D eigenvalue weighted by Crippen LogP contribution is -2.53. The van der Waals surface area contributed by atoms with Gasteiger partial charge in [-0.05, 0) is 23.8 Å². The minimum Gasteiger partial charge on any atom is -0.448 e. The molecule has 0 unspecified atom stereocenters. The van der Waals surface area contributed by atoms with Crippen molar-refractivity contribution in [2.24, 2.45) is 0 Å². The molecule has 4 rings (SSSR count). The molecule has 1 saturated heterocycles. The van der Waals surface area contributed by atoms with Crippen molar-refractivity contribution in [3.05, 3.63) is 69.8 Å². The first-order valence-electron chi connectivity index (χ1n) is 9.10. The lowest BCUT2D eigenvalue weighted by Gasteiger charge is -2.38. The van der Waals surface area contributed by atoms with Crippen LogP contribution in [0.3, 0.4) is 0 Å². The summed E-state index contributed by atoms with van der Waals surface area (Å²) < 4.78 is 5.37. The Balaban J connectivity index is 1.38. The van der Waals surface area contributed by atoms with Crippen molar-refractivity contribution in [1.82, 2.24) is 4.90 Å². The van der Waals surface area contributed by atoms with Crippen molar-refractivity contribution >= 4 is 23.3 Å². The maximum Gasteiger partial charge on any atom is 0.339 e. The van der Waals surface area contributed by atoms with Gasteiger partial charge < -0.3 is 14.5 Å². The molecule has 1 fully saturated rings. The number of benzene rings is 2. The summed E-state index contributed by atoms with van der Waals surface area (Å²) in [6, 6.07) is 13.6. The van der Waals surface area contributed by atoms with Gasteiger partial charge in [0, 0.05) is 50.4 Å². The summed E-state index contributed by atoms with van der Waals surface area (Å²) in [6.07, 6.45) is -0.392. The van der Waals surface area contributed by atoms with E-state index in [1.165, 1.54) is 12.1 Å². The Hall–Kier alpha value is -3.42. The average molecular weight is 381 g/mol. The summed E-state index contributed by atoms with van der Waals surface area (Å²) in [7, 11) is 0. The Kier molecular flexibility index (Phi) is 4.68. The summed E-state index contributed by atoms with van der Waals surface area (Å²) in [4.78, 5) is 39.1. The first-order valence-corrected chi connectivity index (χ1v) is 9.10. The number of esters is 1. The molecular formula is C20H19N3O5. The van der Waals surface area contributed by atoms with Gasteiger partial charge in [0.25, 0.3) is 11.6 Å². The Bertz CT molecular complexity index is 920. The fourth-order valence-corrected chi connectivity index (χ4v) is 3.64. The number of ether oxygens (including phenoxy) is 1. The molecule has 0 aromatic heterocycles. The minimum atomic E-state index is -0.784. The van der Waals surface area contributed by atoms with Gasteiger partial charge in [-0.1, -0.05) is 18.2 Å².